The molecule has 0 aromatic heterocycles. The second-order valence-electron chi connectivity index (χ2n) is 6.24. The van der Waals surface area contributed by atoms with Crippen LogP contribution in [0.1, 0.15) is 18.4 Å². The fraction of sp³-hybridized carbons (Fsp3) is 0.500. The van der Waals surface area contributed by atoms with Crippen molar-refractivity contribution < 1.29 is 4.79 Å². The van der Waals surface area contributed by atoms with Crippen LogP contribution in [0.4, 0.5) is 5.69 Å². The summed E-state index contributed by atoms with van der Waals surface area (Å²) in [5, 5.41) is 3.29. The number of rotatable bonds is 3. The number of piperidine rings is 1. The molecule has 2 aliphatic rings. The van der Waals surface area contributed by atoms with Gasteiger partial charge in [0.25, 0.3) is 0 Å². The summed E-state index contributed by atoms with van der Waals surface area (Å²) in [5.74, 6) is 0. The Kier molecular flexibility index (Phi) is 4.90. The topological polar surface area (TPSA) is 35.6 Å². The highest BCUT2D eigenvalue weighted by Crippen LogP contribution is 2.26. The summed E-state index contributed by atoms with van der Waals surface area (Å²) in [6.45, 7) is 5.26. The molecule has 0 bridgehead atoms. The maximum Gasteiger partial charge on any atom is 0.141 e. The van der Waals surface area contributed by atoms with Gasteiger partial charge in [0.15, 0.2) is 0 Å². The molecule has 2 aliphatic heterocycles. The molecule has 0 spiro atoms. The molecular formula is C18H25N3O. The molecule has 1 aromatic carbocycles. The highest BCUT2D eigenvalue weighted by Gasteiger charge is 2.19. The van der Waals surface area contributed by atoms with Gasteiger partial charge in [-0.1, -0.05) is 24.3 Å². The highest BCUT2D eigenvalue weighted by atomic mass is 16.1. The first kappa shape index (κ1) is 15.3. The Balaban J connectivity index is 1.86. The van der Waals surface area contributed by atoms with E-state index in [2.05, 4.69) is 52.5 Å². The molecule has 1 atom stereocenters. The molecule has 2 saturated heterocycles. The van der Waals surface area contributed by atoms with Crippen LogP contribution >= 0.6 is 0 Å². The van der Waals surface area contributed by atoms with Crippen molar-refractivity contribution in [2.45, 2.75) is 18.9 Å². The average Bonchev–Trinajstić information content (AvgIpc) is 2.57. The van der Waals surface area contributed by atoms with Gasteiger partial charge in [0.2, 0.25) is 0 Å². The predicted octanol–water partition coefficient (Wildman–Crippen LogP) is 1.77. The maximum absolute atomic E-state index is 11.3. The largest absolute Gasteiger partial charge is 0.368 e. The number of benzene rings is 1. The van der Waals surface area contributed by atoms with Crippen LogP contribution in [0.3, 0.4) is 0 Å². The normalized spacial score (nSPS) is 25.4. The van der Waals surface area contributed by atoms with Gasteiger partial charge >= 0.3 is 0 Å². The van der Waals surface area contributed by atoms with Gasteiger partial charge in [-0.3, -0.25) is 0 Å². The number of likely N-dealkylation sites (N-methyl/N-ethyl adjacent to an activating group) is 1. The summed E-state index contributed by atoms with van der Waals surface area (Å²) in [6.07, 6.45) is 5.36. The van der Waals surface area contributed by atoms with E-state index < -0.39 is 0 Å². The Labute approximate surface area is 132 Å². The second-order valence-corrected chi connectivity index (χ2v) is 6.24. The Hall–Kier alpha value is -1.65. The quantitative estimate of drug-likeness (QED) is 0.863. The summed E-state index contributed by atoms with van der Waals surface area (Å²) >= 11 is 0. The van der Waals surface area contributed by atoms with Crippen molar-refractivity contribution in [3.05, 3.63) is 35.4 Å². The molecule has 4 nitrogen and oxygen atoms in total. The first-order valence-corrected chi connectivity index (χ1v) is 8.19. The lowest BCUT2D eigenvalue weighted by Crippen LogP contribution is -2.44. The third kappa shape index (κ3) is 3.39. The van der Waals surface area contributed by atoms with Gasteiger partial charge in [-0.15, -0.1) is 0 Å². The number of piperazine rings is 1. The zero-order chi connectivity index (χ0) is 15.4. The van der Waals surface area contributed by atoms with Crippen LogP contribution in [-0.4, -0.2) is 57.0 Å². The molecule has 0 amide bonds. The first-order valence-electron chi connectivity index (χ1n) is 8.19. The lowest BCUT2D eigenvalue weighted by atomic mass is 9.95. The molecule has 2 fully saturated rings. The van der Waals surface area contributed by atoms with Crippen molar-refractivity contribution in [1.82, 2.24) is 10.2 Å². The van der Waals surface area contributed by atoms with Gasteiger partial charge < -0.3 is 19.9 Å². The number of para-hydroxylation sites is 1. The number of anilines is 1. The van der Waals surface area contributed by atoms with Crippen molar-refractivity contribution in [3.63, 3.8) is 0 Å². The first-order chi connectivity index (χ1) is 10.8. The van der Waals surface area contributed by atoms with Crippen LogP contribution < -0.4 is 10.2 Å². The molecule has 1 N–H and O–H groups in total. The van der Waals surface area contributed by atoms with Crippen molar-refractivity contribution >= 4 is 18.0 Å². The zero-order valence-corrected chi connectivity index (χ0v) is 13.3. The molecule has 1 unspecified atom stereocenters. The zero-order valence-electron chi connectivity index (χ0n) is 13.3. The average molecular weight is 299 g/mol. The van der Waals surface area contributed by atoms with E-state index in [0.29, 0.717) is 0 Å². The molecular weight excluding hydrogens is 274 g/mol. The van der Waals surface area contributed by atoms with Gasteiger partial charge in [-0.25, -0.2) is 0 Å². The summed E-state index contributed by atoms with van der Waals surface area (Å²) < 4.78 is 0. The monoisotopic (exact) mass is 299 g/mol. The van der Waals surface area contributed by atoms with Crippen molar-refractivity contribution in [3.8, 4) is 0 Å². The van der Waals surface area contributed by atoms with E-state index in [1.165, 1.54) is 16.8 Å². The molecule has 3 rings (SSSR count). The SMILES string of the molecule is CN1CCN(c2ccccc2C=C2CCCNC2C=O)CC1. The summed E-state index contributed by atoms with van der Waals surface area (Å²) in [7, 11) is 2.17. The third-order valence-electron chi connectivity index (χ3n) is 4.66. The summed E-state index contributed by atoms with van der Waals surface area (Å²) in [6, 6.07) is 8.43. The fourth-order valence-electron chi connectivity index (χ4n) is 3.28. The van der Waals surface area contributed by atoms with Crippen molar-refractivity contribution in [1.29, 1.82) is 0 Å². The molecule has 22 heavy (non-hydrogen) atoms. The van der Waals surface area contributed by atoms with Crippen LogP contribution in [0.15, 0.2) is 29.8 Å². The molecule has 0 radical (unpaired) electrons. The van der Waals surface area contributed by atoms with E-state index in [-0.39, 0.29) is 6.04 Å². The number of nitrogens with zero attached hydrogens (tertiary/aromatic N) is 2. The van der Waals surface area contributed by atoms with Crippen molar-refractivity contribution in [2.75, 3.05) is 44.7 Å². The standard InChI is InChI=1S/C18H25N3O/c1-20-9-11-21(12-10-20)18-7-3-2-5-16(18)13-15-6-4-8-19-17(15)14-22/h2-3,5,7,13-14,17,19H,4,6,8-12H2,1H3. The van der Waals surface area contributed by atoms with Crippen LogP contribution in [0.25, 0.3) is 6.08 Å². The van der Waals surface area contributed by atoms with Crippen LogP contribution in [0.5, 0.6) is 0 Å². The Morgan fingerprint density at radius 2 is 1.95 bits per heavy atom. The third-order valence-corrected chi connectivity index (χ3v) is 4.66. The maximum atomic E-state index is 11.3. The smallest absolute Gasteiger partial charge is 0.141 e. The van der Waals surface area contributed by atoms with Crippen LogP contribution in [-0.2, 0) is 4.79 Å². The number of hydrogen-bond donors (Lipinski definition) is 1. The van der Waals surface area contributed by atoms with Crippen LogP contribution in [0.2, 0.25) is 0 Å². The molecule has 0 aliphatic carbocycles. The summed E-state index contributed by atoms with van der Waals surface area (Å²) in [4.78, 5) is 16.1. The van der Waals surface area contributed by atoms with Crippen molar-refractivity contribution in [2.24, 2.45) is 0 Å². The Morgan fingerprint density at radius 1 is 1.18 bits per heavy atom. The molecule has 118 valence electrons. The lowest BCUT2D eigenvalue weighted by Gasteiger charge is -2.35. The molecule has 0 saturated carbocycles. The van der Waals surface area contributed by atoms with Crippen LogP contribution in [0, 0.1) is 0 Å². The number of hydrogen-bond acceptors (Lipinski definition) is 4. The minimum absolute atomic E-state index is 0.116. The van der Waals surface area contributed by atoms with Gasteiger partial charge in [-0.2, -0.15) is 0 Å². The van der Waals surface area contributed by atoms with E-state index in [1.54, 1.807) is 0 Å². The lowest BCUT2D eigenvalue weighted by molar-refractivity contribution is -0.109. The van der Waals surface area contributed by atoms with Gasteiger partial charge in [0.05, 0.1) is 6.04 Å². The number of aldehydes is 1. The Bertz CT molecular complexity index is 547. The van der Waals surface area contributed by atoms with E-state index in [1.807, 2.05) is 0 Å². The van der Waals surface area contributed by atoms with Gasteiger partial charge in [0, 0.05) is 31.9 Å². The minimum atomic E-state index is -0.116. The summed E-state index contributed by atoms with van der Waals surface area (Å²) in [5.41, 5.74) is 3.73. The number of carbonyl (C=O) groups excluding carboxylic acids is 1. The highest BCUT2D eigenvalue weighted by molar-refractivity contribution is 5.74. The molecule has 1 aromatic rings. The van der Waals surface area contributed by atoms with E-state index >= 15 is 0 Å². The van der Waals surface area contributed by atoms with Gasteiger partial charge in [-0.05, 0) is 43.6 Å². The number of nitrogens with one attached hydrogen (secondary N) is 1. The van der Waals surface area contributed by atoms with E-state index in [0.717, 1.165) is 51.9 Å². The van der Waals surface area contributed by atoms with E-state index in [4.69, 9.17) is 0 Å². The Morgan fingerprint density at radius 3 is 2.73 bits per heavy atom. The fourth-order valence-corrected chi connectivity index (χ4v) is 3.28. The van der Waals surface area contributed by atoms with E-state index in [9.17, 15) is 4.79 Å². The number of carbonyl (C=O) groups is 1. The molecule has 4 heteroatoms. The second kappa shape index (κ2) is 7.07. The minimum Gasteiger partial charge on any atom is -0.368 e. The van der Waals surface area contributed by atoms with Gasteiger partial charge in [0.1, 0.15) is 6.29 Å². The predicted molar refractivity (Wildman–Crippen MR) is 91.2 cm³/mol. The molecule has 2 heterocycles.